The van der Waals surface area contributed by atoms with Gasteiger partial charge in [0.15, 0.2) is 0 Å². The molecule has 0 heterocycles. The highest BCUT2D eigenvalue weighted by Gasteiger charge is 2.01. The maximum atomic E-state index is 11.2. The SMILES string of the molecule is CCCCOC(=O)CCCCCCCCN(O)O. The first-order chi connectivity index (χ1) is 8.66. The summed E-state index contributed by atoms with van der Waals surface area (Å²) in [5.74, 6) is -0.0837. The van der Waals surface area contributed by atoms with E-state index in [9.17, 15) is 4.79 Å². The third kappa shape index (κ3) is 13.4. The van der Waals surface area contributed by atoms with Crippen molar-refractivity contribution in [2.75, 3.05) is 13.2 Å². The van der Waals surface area contributed by atoms with Crippen LogP contribution in [0.1, 0.15) is 64.7 Å². The van der Waals surface area contributed by atoms with Crippen molar-refractivity contribution in [2.45, 2.75) is 64.7 Å². The van der Waals surface area contributed by atoms with E-state index in [2.05, 4.69) is 6.92 Å². The average Bonchev–Trinajstić information content (AvgIpc) is 2.32. The van der Waals surface area contributed by atoms with Crippen molar-refractivity contribution in [1.82, 2.24) is 5.23 Å². The lowest BCUT2D eigenvalue weighted by atomic mass is 10.1. The lowest BCUT2D eigenvalue weighted by Gasteiger charge is -2.05. The molecule has 0 amide bonds. The molecule has 0 aliphatic carbocycles. The smallest absolute Gasteiger partial charge is 0.305 e. The Morgan fingerprint density at radius 2 is 1.61 bits per heavy atom. The van der Waals surface area contributed by atoms with Crippen LogP contribution in [0.15, 0.2) is 0 Å². The number of ether oxygens (including phenoxy) is 1. The summed E-state index contributed by atoms with van der Waals surface area (Å²) in [6.07, 6.45) is 8.35. The maximum absolute atomic E-state index is 11.2. The van der Waals surface area contributed by atoms with E-state index in [1.165, 1.54) is 0 Å². The first-order valence-electron chi connectivity index (χ1n) is 6.97. The Labute approximate surface area is 110 Å². The summed E-state index contributed by atoms with van der Waals surface area (Å²) in [6.45, 7) is 2.92. The molecule has 18 heavy (non-hydrogen) atoms. The summed E-state index contributed by atoms with van der Waals surface area (Å²) >= 11 is 0. The summed E-state index contributed by atoms with van der Waals surface area (Å²) in [5, 5.41) is 17.2. The number of rotatable bonds is 12. The molecule has 0 spiro atoms. The first kappa shape index (κ1) is 17.4. The summed E-state index contributed by atoms with van der Waals surface area (Å²) in [4.78, 5) is 11.2. The topological polar surface area (TPSA) is 70.0 Å². The van der Waals surface area contributed by atoms with Crippen LogP contribution in [-0.2, 0) is 9.53 Å². The number of unbranched alkanes of at least 4 members (excludes halogenated alkanes) is 6. The van der Waals surface area contributed by atoms with E-state index >= 15 is 0 Å². The van der Waals surface area contributed by atoms with E-state index in [-0.39, 0.29) is 11.2 Å². The highest BCUT2D eigenvalue weighted by atomic mass is 16.8. The first-order valence-corrected chi connectivity index (χ1v) is 6.97. The average molecular weight is 261 g/mol. The molecule has 0 atom stereocenters. The van der Waals surface area contributed by atoms with Gasteiger partial charge in [-0.05, 0) is 19.3 Å². The minimum atomic E-state index is -0.0837. The van der Waals surface area contributed by atoms with E-state index in [1.54, 1.807) is 0 Å². The molecule has 0 aliphatic heterocycles. The standard InChI is InChI=1S/C13H27NO4/c1-2-3-12-18-13(15)10-8-6-4-5-7-9-11-14(16)17/h16-17H,2-12H2,1H3. The van der Waals surface area contributed by atoms with Crippen molar-refractivity contribution in [1.29, 1.82) is 0 Å². The zero-order chi connectivity index (χ0) is 13.6. The van der Waals surface area contributed by atoms with Crippen LogP contribution in [0.2, 0.25) is 0 Å². The van der Waals surface area contributed by atoms with E-state index in [4.69, 9.17) is 15.2 Å². The molecule has 0 aromatic rings. The Balaban J connectivity index is 3.12. The van der Waals surface area contributed by atoms with Crippen LogP contribution in [0.3, 0.4) is 0 Å². The Kier molecular flexibility index (Phi) is 12.3. The maximum Gasteiger partial charge on any atom is 0.305 e. The second-order valence-corrected chi connectivity index (χ2v) is 4.54. The summed E-state index contributed by atoms with van der Waals surface area (Å²) in [7, 11) is 0. The van der Waals surface area contributed by atoms with Gasteiger partial charge in [0.2, 0.25) is 0 Å². The van der Waals surface area contributed by atoms with Crippen molar-refractivity contribution in [3.05, 3.63) is 0 Å². The molecule has 0 saturated heterocycles. The van der Waals surface area contributed by atoms with Crippen molar-refractivity contribution in [3.63, 3.8) is 0 Å². The monoisotopic (exact) mass is 261 g/mol. The molecule has 5 nitrogen and oxygen atoms in total. The highest BCUT2D eigenvalue weighted by Crippen LogP contribution is 2.08. The van der Waals surface area contributed by atoms with Gasteiger partial charge in [-0.25, -0.2) is 0 Å². The van der Waals surface area contributed by atoms with Gasteiger partial charge < -0.3 is 4.74 Å². The lowest BCUT2D eigenvalue weighted by molar-refractivity contribution is -0.306. The minimum absolute atomic E-state index is 0.0837. The minimum Gasteiger partial charge on any atom is -0.466 e. The second-order valence-electron chi connectivity index (χ2n) is 4.54. The third-order valence-corrected chi connectivity index (χ3v) is 2.75. The van der Waals surface area contributed by atoms with Crippen LogP contribution in [0.4, 0.5) is 0 Å². The number of esters is 1. The van der Waals surface area contributed by atoms with Crippen LogP contribution in [0.25, 0.3) is 0 Å². The van der Waals surface area contributed by atoms with Gasteiger partial charge in [0.05, 0.1) is 13.2 Å². The van der Waals surface area contributed by atoms with Crippen molar-refractivity contribution < 1.29 is 19.9 Å². The fourth-order valence-electron chi connectivity index (χ4n) is 1.63. The van der Waals surface area contributed by atoms with Crippen molar-refractivity contribution in [3.8, 4) is 0 Å². The van der Waals surface area contributed by atoms with Gasteiger partial charge in [-0.1, -0.05) is 44.3 Å². The van der Waals surface area contributed by atoms with Gasteiger partial charge in [-0.2, -0.15) is 0 Å². The van der Waals surface area contributed by atoms with Crippen LogP contribution in [0.5, 0.6) is 0 Å². The molecule has 5 heteroatoms. The molecule has 0 fully saturated rings. The van der Waals surface area contributed by atoms with E-state index in [0.29, 0.717) is 19.6 Å². The highest BCUT2D eigenvalue weighted by molar-refractivity contribution is 5.69. The lowest BCUT2D eigenvalue weighted by Crippen LogP contribution is -2.14. The Hall–Kier alpha value is -0.650. The Morgan fingerprint density at radius 1 is 1.00 bits per heavy atom. The second kappa shape index (κ2) is 12.8. The summed E-state index contributed by atoms with van der Waals surface area (Å²) in [6, 6.07) is 0. The predicted molar refractivity (Wildman–Crippen MR) is 68.5 cm³/mol. The summed E-state index contributed by atoms with van der Waals surface area (Å²) in [5.41, 5.74) is 0. The van der Waals surface area contributed by atoms with Crippen LogP contribution >= 0.6 is 0 Å². The van der Waals surface area contributed by atoms with Gasteiger partial charge in [0.25, 0.3) is 0 Å². The molecule has 0 aliphatic rings. The van der Waals surface area contributed by atoms with E-state index in [1.807, 2.05) is 0 Å². The molecule has 0 saturated carbocycles. The predicted octanol–water partition coefficient (Wildman–Crippen LogP) is 3.14. The third-order valence-electron chi connectivity index (χ3n) is 2.75. The van der Waals surface area contributed by atoms with Gasteiger partial charge >= 0.3 is 5.97 Å². The molecular formula is C13H27NO4. The number of nitrogens with zero attached hydrogens (tertiary/aromatic N) is 1. The van der Waals surface area contributed by atoms with E-state index < -0.39 is 0 Å². The molecule has 0 aromatic heterocycles. The van der Waals surface area contributed by atoms with Gasteiger partial charge in [-0.3, -0.25) is 15.2 Å². The number of hydrogen-bond donors (Lipinski definition) is 2. The van der Waals surface area contributed by atoms with Gasteiger partial charge in [-0.15, -0.1) is 0 Å². The fourth-order valence-corrected chi connectivity index (χ4v) is 1.63. The molecule has 0 rings (SSSR count). The fraction of sp³-hybridized carbons (Fsp3) is 0.923. The number of hydroxylamine groups is 2. The normalized spacial score (nSPS) is 10.9. The van der Waals surface area contributed by atoms with Crippen LogP contribution in [-0.4, -0.2) is 34.8 Å². The van der Waals surface area contributed by atoms with Crippen molar-refractivity contribution in [2.24, 2.45) is 0 Å². The molecule has 2 N–H and O–H groups in total. The quantitative estimate of drug-likeness (QED) is 0.321. The largest absolute Gasteiger partial charge is 0.466 e. The molecule has 108 valence electrons. The zero-order valence-corrected chi connectivity index (χ0v) is 11.4. The number of carbonyl (C=O) groups is 1. The molecule has 0 unspecified atom stereocenters. The molecule has 0 radical (unpaired) electrons. The molecular weight excluding hydrogens is 234 g/mol. The van der Waals surface area contributed by atoms with Crippen molar-refractivity contribution >= 4 is 5.97 Å². The van der Waals surface area contributed by atoms with Gasteiger partial charge in [0.1, 0.15) is 0 Å². The van der Waals surface area contributed by atoms with Gasteiger partial charge in [0, 0.05) is 6.42 Å². The molecule has 0 aromatic carbocycles. The Bertz CT molecular complexity index is 197. The van der Waals surface area contributed by atoms with E-state index in [0.717, 1.165) is 51.4 Å². The zero-order valence-electron chi connectivity index (χ0n) is 11.4. The van der Waals surface area contributed by atoms with Crippen LogP contribution < -0.4 is 0 Å². The molecule has 0 bridgehead atoms. The number of carbonyl (C=O) groups excluding carboxylic acids is 1. The number of hydrogen-bond acceptors (Lipinski definition) is 5. The summed E-state index contributed by atoms with van der Waals surface area (Å²) < 4.78 is 5.05. The van der Waals surface area contributed by atoms with Crippen LogP contribution in [0, 0.1) is 0 Å². The Morgan fingerprint density at radius 3 is 2.22 bits per heavy atom.